The fraction of sp³-hybridized carbons (Fsp3) is 0.0968. The van der Waals surface area contributed by atoms with Crippen LogP contribution in [0.4, 0.5) is 17.1 Å². The normalized spacial score (nSPS) is 19.9. The lowest BCUT2D eigenvalue weighted by molar-refractivity contribution is 0.431. The highest BCUT2D eigenvalue weighted by Crippen LogP contribution is 2.74. The molecule has 6 aliphatic rings. The van der Waals surface area contributed by atoms with Gasteiger partial charge in [0.15, 0.2) is 0 Å². The molecule has 0 saturated carbocycles. The third-order valence-electron chi connectivity index (χ3n) is 16.0. The summed E-state index contributed by atoms with van der Waals surface area (Å²) in [4.78, 5) is 2.62. The number of nitrogens with zero attached hydrogens (tertiary/aromatic N) is 1. The Morgan fingerprint density at radius 3 is 1.78 bits per heavy atom. The van der Waals surface area contributed by atoms with Crippen LogP contribution >= 0.6 is 0 Å². The summed E-state index contributed by atoms with van der Waals surface area (Å²) in [6, 6.07) is 78.8. The first-order valence-corrected chi connectivity index (χ1v) is 22.7. The van der Waals surface area contributed by atoms with Gasteiger partial charge in [-0.15, -0.1) is 0 Å². The van der Waals surface area contributed by atoms with Crippen LogP contribution in [0.3, 0.4) is 0 Å². The molecule has 63 heavy (non-hydrogen) atoms. The van der Waals surface area contributed by atoms with Gasteiger partial charge in [0, 0.05) is 22.7 Å². The van der Waals surface area contributed by atoms with Gasteiger partial charge in [0.1, 0.15) is 0 Å². The Balaban J connectivity index is 1.04. The fourth-order valence-electron chi connectivity index (χ4n) is 14.1. The molecule has 9 aromatic carbocycles. The first kappa shape index (κ1) is 34.1. The predicted molar refractivity (Wildman–Crippen MR) is 258 cm³/mol. The average Bonchev–Trinajstić information content (AvgIpc) is 4.11. The van der Waals surface area contributed by atoms with E-state index in [1.54, 1.807) is 11.1 Å². The maximum atomic E-state index is 2.62. The van der Waals surface area contributed by atoms with Crippen molar-refractivity contribution in [1.82, 2.24) is 0 Å². The van der Waals surface area contributed by atoms with Crippen molar-refractivity contribution in [3.8, 4) is 44.5 Å². The zero-order valence-corrected chi connectivity index (χ0v) is 34.7. The summed E-state index contributed by atoms with van der Waals surface area (Å²) in [6.07, 6.45) is 4.93. The highest BCUT2D eigenvalue weighted by atomic mass is 15.1. The summed E-state index contributed by atoms with van der Waals surface area (Å²) >= 11 is 0. The maximum Gasteiger partial charge on any atom is 0.0726 e. The van der Waals surface area contributed by atoms with Crippen LogP contribution < -0.4 is 4.90 Å². The first-order chi connectivity index (χ1) is 31.3. The van der Waals surface area contributed by atoms with Gasteiger partial charge in [0.2, 0.25) is 0 Å². The van der Waals surface area contributed by atoms with Gasteiger partial charge < -0.3 is 4.90 Å². The molecular weight excluding hydrogens is 759 g/mol. The number of hydrogen-bond acceptors (Lipinski definition) is 1. The summed E-state index contributed by atoms with van der Waals surface area (Å²) in [6.45, 7) is 0. The zero-order valence-electron chi connectivity index (χ0n) is 34.7. The van der Waals surface area contributed by atoms with Crippen molar-refractivity contribution in [1.29, 1.82) is 0 Å². The summed E-state index contributed by atoms with van der Waals surface area (Å²) < 4.78 is 0. The number of anilines is 3. The van der Waals surface area contributed by atoms with E-state index in [0.717, 1.165) is 6.42 Å². The standard InChI is InChI=1S/C62H41N/c1-2-17-38(18-3-1)40-19-8-13-33-56(40)63(57-34-16-32-54-58(57)49-23-7-12-31-53(49)61(54)50-28-9-4-20-41(50)42-21-5-10-29-51(42)61)39-35-36-44-46-25-15-27-48-47-26-14-24-45-43-22-6-11-30-52(43)62(59(45)47,60(46)48)55(44)37-39/h1-13,15-23,25-37,45,59H,14,24H2. The minimum absolute atomic E-state index is 0.220. The van der Waals surface area contributed by atoms with Crippen LogP contribution in [0, 0.1) is 5.92 Å². The number of para-hydroxylation sites is 1. The van der Waals surface area contributed by atoms with Gasteiger partial charge in [0.25, 0.3) is 0 Å². The van der Waals surface area contributed by atoms with Crippen molar-refractivity contribution in [3.63, 3.8) is 0 Å². The van der Waals surface area contributed by atoms with Gasteiger partial charge >= 0.3 is 0 Å². The second kappa shape index (κ2) is 12.1. The molecule has 6 aliphatic carbocycles. The van der Waals surface area contributed by atoms with Crippen molar-refractivity contribution < 1.29 is 0 Å². The molecule has 0 fully saturated rings. The Kier molecular flexibility index (Phi) is 6.57. The summed E-state index contributed by atoms with van der Waals surface area (Å²) in [5, 5.41) is 0. The molecule has 9 aromatic rings. The van der Waals surface area contributed by atoms with Crippen molar-refractivity contribution in [3.05, 3.63) is 262 Å². The van der Waals surface area contributed by atoms with Gasteiger partial charge in [-0.2, -0.15) is 0 Å². The number of allylic oxidation sites excluding steroid dienone is 2. The van der Waals surface area contributed by atoms with Gasteiger partial charge in [-0.05, 0) is 132 Å². The molecule has 0 N–H and O–H groups in total. The van der Waals surface area contributed by atoms with Crippen LogP contribution in [0.1, 0.15) is 68.8 Å². The molecular formula is C62H41N. The number of fused-ring (bicyclic) bond motifs is 15. The third kappa shape index (κ3) is 3.97. The monoisotopic (exact) mass is 799 g/mol. The molecule has 0 heterocycles. The molecule has 0 radical (unpaired) electrons. The summed E-state index contributed by atoms with van der Waals surface area (Å²) in [5.41, 5.74) is 27.9. The lowest BCUT2D eigenvalue weighted by Gasteiger charge is -2.36. The molecule has 1 nitrogen and oxygen atoms in total. The fourth-order valence-corrected chi connectivity index (χ4v) is 14.1. The van der Waals surface area contributed by atoms with Gasteiger partial charge in [-0.25, -0.2) is 0 Å². The van der Waals surface area contributed by atoms with Crippen LogP contribution in [0.25, 0.3) is 50.1 Å². The lowest BCUT2D eigenvalue weighted by atomic mass is 9.67. The minimum atomic E-state index is -0.440. The predicted octanol–water partition coefficient (Wildman–Crippen LogP) is 15.4. The molecule has 0 aliphatic heterocycles. The largest absolute Gasteiger partial charge is 0.309 e. The van der Waals surface area contributed by atoms with Gasteiger partial charge in [0.05, 0.1) is 22.2 Å². The lowest BCUT2D eigenvalue weighted by Crippen LogP contribution is -2.30. The topological polar surface area (TPSA) is 3.24 Å². The van der Waals surface area contributed by atoms with Crippen LogP contribution in [0.15, 0.2) is 212 Å². The van der Waals surface area contributed by atoms with Gasteiger partial charge in [-0.1, -0.05) is 188 Å². The summed E-state index contributed by atoms with van der Waals surface area (Å²) in [5.74, 6) is 0.907. The maximum absolute atomic E-state index is 2.62. The summed E-state index contributed by atoms with van der Waals surface area (Å²) in [7, 11) is 0. The van der Waals surface area contributed by atoms with Crippen LogP contribution in [0.2, 0.25) is 0 Å². The van der Waals surface area contributed by atoms with E-state index < -0.39 is 5.41 Å². The van der Waals surface area contributed by atoms with E-state index in [4.69, 9.17) is 0 Å². The van der Waals surface area contributed by atoms with E-state index in [0.29, 0.717) is 11.8 Å². The molecule has 0 saturated heterocycles. The first-order valence-electron chi connectivity index (χ1n) is 22.7. The zero-order chi connectivity index (χ0) is 41.0. The number of hydrogen-bond donors (Lipinski definition) is 0. The van der Waals surface area contributed by atoms with Crippen LogP contribution in [-0.2, 0) is 10.8 Å². The second-order valence-corrected chi connectivity index (χ2v) is 18.5. The van der Waals surface area contributed by atoms with E-state index in [2.05, 4.69) is 217 Å². The van der Waals surface area contributed by atoms with E-state index >= 15 is 0 Å². The molecule has 15 rings (SSSR count). The van der Waals surface area contributed by atoms with Crippen LogP contribution in [-0.4, -0.2) is 0 Å². The average molecular weight is 800 g/mol. The third-order valence-corrected chi connectivity index (χ3v) is 16.0. The van der Waals surface area contributed by atoms with Crippen molar-refractivity contribution in [2.75, 3.05) is 4.90 Å². The minimum Gasteiger partial charge on any atom is -0.309 e. The van der Waals surface area contributed by atoms with Crippen LogP contribution in [0.5, 0.6) is 0 Å². The second-order valence-electron chi connectivity index (χ2n) is 18.5. The molecule has 3 atom stereocenters. The molecule has 294 valence electrons. The smallest absolute Gasteiger partial charge is 0.0726 e. The van der Waals surface area contributed by atoms with Crippen molar-refractivity contribution in [2.45, 2.75) is 29.6 Å². The Morgan fingerprint density at radius 1 is 0.413 bits per heavy atom. The molecule has 2 spiro atoms. The van der Waals surface area contributed by atoms with E-state index in [-0.39, 0.29) is 5.41 Å². The molecule has 3 unspecified atom stereocenters. The van der Waals surface area contributed by atoms with Crippen molar-refractivity contribution in [2.24, 2.45) is 5.92 Å². The Bertz CT molecular complexity index is 3450. The Hall–Kier alpha value is -7.48. The quantitative estimate of drug-likeness (QED) is 0.171. The molecule has 0 amide bonds. The highest BCUT2D eigenvalue weighted by Gasteiger charge is 2.64. The SMILES string of the molecule is C1=C2c3cccc4c3C3(c5cc(N(c6ccccc6-c6ccccc6)c6cccc7c6-c6ccccc6C76c7ccccc7-c7ccccc76)ccc5-4)c4ccccc4C(CC1)C23. The highest BCUT2D eigenvalue weighted by molar-refractivity contribution is 6.04. The van der Waals surface area contributed by atoms with E-state index in [1.165, 1.54) is 112 Å². The molecule has 1 heteroatoms. The van der Waals surface area contributed by atoms with E-state index in [9.17, 15) is 0 Å². The van der Waals surface area contributed by atoms with E-state index in [1.807, 2.05) is 0 Å². The van der Waals surface area contributed by atoms with Crippen molar-refractivity contribution >= 4 is 22.6 Å². The number of benzene rings is 9. The van der Waals surface area contributed by atoms with Gasteiger partial charge in [-0.3, -0.25) is 0 Å². The molecule has 0 aromatic heterocycles. The molecule has 0 bridgehead atoms. The Morgan fingerprint density at radius 2 is 0.984 bits per heavy atom. The Labute approximate surface area is 368 Å². The number of rotatable bonds is 4.